The van der Waals surface area contributed by atoms with Gasteiger partial charge < -0.3 is 9.84 Å². The molecular formula is C16H18Br4O4. The molecule has 0 radical (unpaired) electrons. The number of aromatic carboxylic acids is 1. The second-order valence-electron chi connectivity index (χ2n) is 5.24. The number of carbonyl (C=O) groups excluding carboxylic acids is 1. The maximum atomic E-state index is 12.6. The molecule has 0 saturated carbocycles. The van der Waals surface area contributed by atoms with Crippen LogP contribution in [0.5, 0.6) is 0 Å². The summed E-state index contributed by atoms with van der Waals surface area (Å²) in [6, 6.07) is 0. The van der Waals surface area contributed by atoms with Gasteiger partial charge in [-0.2, -0.15) is 0 Å². The predicted molar refractivity (Wildman–Crippen MR) is 108 cm³/mol. The van der Waals surface area contributed by atoms with Gasteiger partial charge in [0.05, 0.1) is 11.1 Å². The Balaban J connectivity index is 3.20. The molecule has 1 atom stereocenters. The number of carboxylic acids is 1. The molecule has 24 heavy (non-hydrogen) atoms. The third-order valence-corrected chi connectivity index (χ3v) is 8.31. The monoisotopic (exact) mass is 590 g/mol. The van der Waals surface area contributed by atoms with Crippen LogP contribution in [0.15, 0.2) is 17.9 Å². The quantitative estimate of drug-likeness (QED) is 0.153. The van der Waals surface area contributed by atoms with E-state index in [-0.39, 0.29) is 21.7 Å². The average molecular weight is 594 g/mol. The molecule has 8 heteroatoms. The molecule has 1 aromatic rings. The minimum absolute atomic E-state index is 0.00149. The highest BCUT2D eigenvalue weighted by atomic mass is 79.9. The molecule has 0 heterocycles. The number of benzene rings is 1. The van der Waals surface area contributed by atoms with E-state index in [1.165, 1.54) is 0 Å². The van der Waals surface area contributed by atoms with Crippen LogP contribution in [0.25, 0.3) is 0 Å². The largest absolute Gasteiger partial charge is 0.478 e. The van der Waals surface area contributed by atoms with Crippen LogP contribution < -0.4 is 0 Å². The third-order valence-electron chi connectivity index (χ3n) is 3.54. The summed E-state index contributed by atoms with van der Waals surface area (Å²) in [4.78, 5) is 24.3. The fraction of sp³-hybridized carbons (Fsp3) is 0.500. The number of hydrogen-bond acceptors (Lipinski definition) is 3. The number of carboxylic acid groups (broad SMARTS) is 1. The summed E-state index contributed by atoms with van der Waals surface area (Å²) < 4.78 is 7.26. The maximum absolute atomic E-state index is 12.6. The lowest BCUT2D eigenvalue weighted by Gasteiger charge is -2.19. The van der Waals surface area contributed by atoms with Crippen LogP contribution in [0.3, 0.4) is 0 Å². The highest BCUT2D eigenvalue weighted by Gasteiger charge is 2.29. The molecule has 0 aliphatic rings. The van der Waals surface area contributed by atoms with E-state index in [0.717, 1.165) is 25.7 Å². The molecule has 1 N–H and O–H groups in total. The summed E-state index contributed by atoms with van der Waals surface area (Å²) in [6.07, 6.45) is 4.38. The van der Waals surface area contributed by atoms with Crippen molar-refractivity contribution in [3.63, 3.8) is 0 Å². The zero-order chi connectivity index (χ0) is 18.4. The number of unbranched alkanes of at least 4 members (excludes halogenated alkanes) is 2. The van der Waals surface area contributed by atoms with Crippen molar-refractivity contribution in [2.45, 2.75) is 52.1 Å². The first kappa shape index (κ1) is 22.1. The Bertz CT molecular complexity index is 631. The van der Waals surface area contributed by atoms with Crippen LogP contribution in [0, 0.1) is 0 Å². The topological polar surface area (TPSA) is 63.6 Å². The Morgan fingerprint density at radius 2 is 1.50 bits per heavy atom. The van der Waals surface area contributed by atoms with Crippen molar-refractivity contribution < 1.29 is 19.4 Å². The Labute approximate surface area is 175 Å². The van der Waals surface area contributed by atoms with Gasteiger partial charge in [-0.1, -0.05) is 26.7 Å². The van der Waals surface area contributed by atoms with Gasteiger partial charge in [0.2, 0.25) is 0 Å². The van der Waals surface area contributed by atoms with E-state index < -0.39 is 11.9 Å². The van der Waals surface area contributed by atoms with Crippen LogP contribution in [0.4, 0.5) is 0 Å². The fourth-order valence-electron chi connectivity index (χ4n) is 2.20. The van der Waals surface area contributed by atoms with E-state index >= 15 is 0 Å². The van der Waals surface area contributed by atoms with Gasteiger partial charge in [0, 0.05) is 17.9 Å². The molecule has 0 saturated heterocycles. The highest BCUT2D eigenvalue weighted by molar-refractivity contribution is 9.15. The summed E-state index contributed by atoms with van der Waals surface area (Å²) in [5, 5.41) is 9.51. The molecule has 4 nitrogen and oxygen atoms in total. The zero-order valence-electron chi connectivity index (χ0n) is 13.3. The first-order valence-electron chi connectivity index (χ1n) is 7.56. The molecule has 0 aromatic heterocycles. The van der Waals surface area contributed by atoms with Crippen LogP contribution in [0.2, 0.25) is 0 Å². The van der Waals surface area contributed by atoms with Gasteiger partial charge in [0.15, 0.2) is 0 Å². The molecule has 134 valence electrons. The van der Waals surface area contributed by atoms with E-state index in [4.69, 9.17) is 4.74 Å². The summed E-state index contributed by atoms with van der Waals surface area (Å²) in [6.45, 7) is 4.06. The lowest BCUT2D eigenvalue weighted by molar-refractivity contribution is 0.0261. The third kappa shape index (κ3) is 5.29. The molecule has 1 rings (SSSR count). The summed E-state index contributed by atoms with van der Waals surface area (Å²) in [5.41, 5.74) is -0.135. The fourth-order valence-corrected chi connectivity index (χ4v) is 4.65. The van der Waals surface area contributed by atoms with Crippen molar-refractivity contribution in [1.82, 2.24) is 0 Å². The Morgan fingerprint density at radius 3 is 1.96 bits per heavy atom. The van der Waals surface area contributed by atoms with Crippen molar-refractivity contribution >= 4 is 75.7 Å². The molecule has 0 aliphatic heterocycles. The molecule has 0 amide bonds. The second-order valence-corrected chi connectivity index (χ2v) is 8.41. The van der Waals surface area contributed by atoms with Crippen LogP contribution in [-0.2, 0) is 4.74 Å². The van der Waals surface area contributed by atoms with Crippen molar-refractivity contribution in [2.24, 2.45) is 0 Å². The Hall–Kier alpha value is 0.0800. The van der Waals surface area contributed by atoms with Crippen LogP contribution in [-0.4, -0.2) is 23.1 Å². The van der Waals surface area contributed by atoms with E-state index in [1.54, 1.807) is 0 Å². The summed E-state index contributed by atoms with van der Waals surface area (Å²) in [5.74, 6) is -1.85. The SMILES string of the molecule is CCCCCC(CC)OC(=O)c1c(Br)c(Br)c(Br)c(Br)c1C(=O)O. The standard InChI is InChI=1S/C16H18Br4O4/c1-3-5-6-7-8(4-2)24-16(23)10-9(15(21)22)11(17)13(19)14(20)12(10)18/h8H,3-7H2,1-2H3,(H,21,22). The maximum Gasteiger partial charge on any atom is 0.340 e. The number of carbonyl (C=O) groups is 2. The minimum Gasteiger partial charge on any atom is -0.478 e. The number of ether oxygens (including phenoxy) is 1. The van der Waals surface area contributed by atoms with Gasteiger partial charge in [-0.3, -0.25) is 0 Å². The highest BCUT2D eigenvalue weighted by Crippen LogP contribution is 2.42. The predicted octanol–water partition coefficient (Wildman–Crippen LogP) is 6.95. The zero-order valence-corrected chi connectivity index (χ0v) is 19.6. The van der Waals surface area contributed by atoms with E-state index in [1.807, 2.05) is 6.92 Å². The molecule has 0 aliphatic carbocycles. The normalized spacial score (nSPS) is 12.1. The molecule has 1 aromatic carbocycles. The van der Waals surface area contributed by atoms with Crippen molar-refractivity contribution in [3.05, 3.63) is 29.0 Å². The summed E-state index contributed by atoms with van der Waals surface area (Å²) in [7, 11) is 0. The smallest absolute Gasteiger partial charge is 0.340 e. The van der Waals surface area contributed by atoms with Gasteiger partial charge in [0.25, 0.3) is 0 Å². The lowest BCUT2D eigenvalue weighted by Crippen LogP contribution is -2.21. The first-order chi connectivity index (χ1) is 11.3. The second kappa shape index (κ2) is 10.3. The molecule has 0 fully saturated rings. The molecule has 0 bridgehead atoms. The first-order valence-corrected chi connectivity index (χ1v) is 10.7. The molecular weight excluding hydrogens is 576 g/mol. The molecule has 1 unspecified atom stereocenters. The van der Waals surface area contributed by atoms with Crippen molar-refractivity contribution in [3.8, 4) is 0 Å². The van der Waals surface area contributed by atoms with Gasteiger partial charge in [-0.15, -0.1) is 0 Å². The van der Waals surface area contributed by atoms with Gasteiger partial charge in [0.1, 0.15) is 6.10 Å². The van der Waals surface area contributed by atoms with E-state index in [9.17, 15) is 14.7 Å². The van der Waals surface area contributed by atoms with Crippen LogP contribution >= 0.6 is 63.7 Å². The van der Waals surface area contributed by atoms with E-state index in [2.05, 4.69) is 70.6 Å². The lowest BCUT2D eigenvalue weighted by atomic mass is 10.1. The van der Waals surface area contributed by atoms with Crippen molar-refractivity contribution in [2.75, 3.05) is 0 Å². The number of esters is 1. The van der Waals surface area contributed by atoms with Crippen molar-refractivity contribution in [1.29, 1.82) is 0 Å². The number of hydrogen-bond donors (Lipinski definition) is 1. The van der Waals surface area contributed by atoms with E-state index in [0.29, 0.717) is 19.8 Å². The average Bonchev–Trinajstić information content (AvgIpc) is 2.54. The number of rotatable bonds is 8. The van der Waals surface area contributed by atoms with Gasteiger partial charge in [-0.25, -0.2) is 9.59 Å². The van der Waals surface area contributed by atoms with Crippen LogP contribution in [0.1, 0.15) is 66.7 Å². The summed E-state index contributed by atoms with van der Waals surface area (Å²) >= 11 is 13.2. The number of halogens is 4. The Morgan fingerprint density at radius 1 is 0.958 bits per heavy atom. The minimum atomic E-state index is -1.21. The van der Waals surface area contributed by atoms with Gasteiger partial charge >= 0.3 is 11.9 Å². The van der Waals surface area contributed by atoms with Gasteiger partial charge in [-0.05, 0) is 83.0 Å². The molecule has 0 spiro atoms. The Kier molecular flexibility index (Phi) is 9.48.